The second kappa shape index (κ2) is 5.72. The fourth-order valence-electron chi connectivity index (χ4n) is 2.54. The van der Waals surface area contributed by atoms with Crippen LogP contribution >= 0.6 is 0 Å². The van der Waals surface area contributed by atoms with E-state index in [0.29, 0.717) is 11.3 Å². The highest BCUT2D eigenvalue weighted by Gasteiger charge is 2.18. The molecule has 0 radical (unpaired) electrons. The molecule has 0 atom stereocenters. The highest BCUT2D eigenvalue weighted by atomic mass is 16.2. The Labute approximate surface area is 126 Å². The van der Waals surface area contributed by atoms with Gasteiger partial charge in [-0.3, -0.25) is 9.78 Å². The lowest BCUT2D eigenvalue weighted by Crippen LogP contribution is -2.44. The number of hydrogen-bond acceptors (Lipinski definition) is 6. The highest BCUT2D eigenvalue weighted by molar-refractivity contribution is 5.64. The summed E-state index contributed by atoms with van der Waals surface area (Å²) in [6, 6.07) is 1.86. The van der Waals surface area contributed by atoms with Crippen molar-refractivity contribution in [1.82, 2.24) is 25.1 Å². The average Bonchev–Trinajstić information content (AvgIpc) is 2.49. The maximum absolute atomic E-state index is 11.9. The molecule has 0 spiro atoms. The first kappa shape index (κ1) is 14.5. The lowest BCUT2D eigenvalue weighted by Gasteiger charge is -2.34. The summed E-state index contributed by atoms with van der Waals surface area (Å²) in [4.78, 5) is 32.2. The number of likely N-dealkylation sites (N-methyl/N-ethyl adjacent to an activating group) is 1. The van der Waals surface area contributed by atoms with Crippen LogP contribution in [0.25, 0.3) is 11.3 Å². The van der Waals surface area contributed by atoms with Crippen molar-refractivity contribution in [2.45, 2.75) is 6.92 Å². The molecule has 8 heteroatoms. The minimum absolute atomic E-state index is 0.308. The molecule has 0 amide bonds. The smallest absolute Gasteiger partial charge is 0.325 e. The SMILES string of the molecule is Cc1nnc(-c2c[nH]c(=O)[nH]c2=O)cc1N1CCN(C)CC1. The molecule has 1 saturated heterocycles. The van der Waals surface area contributed by atoms with E-state index in [9.17, 15) is 9.59 Å². The number of hydrogen-bond donors (Lipinski definition) is 2. The number of nitrogens with one attached hydrogen (secondary N) is 2. The average molecular weight is 302 g/mol. The van der Waals surface area contributed by atoms with Gasteiger partial charge < -0.3 is 14.8 Å². The molecule has 0 bridgehead atoms. The van der Waals surface area contributed by atoms with Gasteiger partial charge in [0.1, 0.15) is 5.69 Å². The van der Waals surface area contributed by atoms with Crippen molar-refractivity contribution in [3.05, 3.63) is 38.8 Å². The molecule has 116 valence electrons. The van der Waals surface area contributed by atoms with Gasteiger partial charge in [-0.1, -0.05) is 0 Å². The van der Waals surface area contributed by atoms with Crippen LogP contribution in [0.1, 0.15) is 5.69 Å². The van der Waals surface area contributed by atoms with Gasteiger partial charge in [-0.15, -0.1) is 5.10 Å². The first-order valence-electron chi connectivity index (χ1n) is 7.15. The second-order valence-electron chi connectivity index (χ2n) is 5.48. The summed E-state index contributed by atoms with van der Waals surface area (Å²) in [5.74, 6) is 0. The van der Waals surface area contributed by atoms with Crippen LogP contribution in [-0.2, 0) is 0 Å². The third-order valence-electron chi connectivity index (χ3n) is 3.89. The van der Waals surface area contributed by atoms with Gasteiger partial charge in [0.2, 0.25) is 0 Å². The summed E-state index contributed by atoms with van der Waals surface area (Å²) in [5, 5.41) is 8.24. The molecule has 0 unspecified atom stereocenters. The Kier molecular flexibility index (Phi) is 3.76. The van der Waals surface area contributed by atoms with Crippen LogP contribution in [-0.4, -0.2) is 58.3 Å². The molecular weight excluding hydrogens is 284 g/mol. The number of rotatable bonds is 2. The molecule has 22 heavy (non-hydrogen) atoms. The molecule has 2 N–H and O–H groups in total. The van der Waals surface area contributed by atoms with E-state index in [0.717, 1.165) is 37.6 Å². The zero-order valence-electron chi connectivity index (χ0n) is 12.6. The molecule has 1 fully saturated rings. The zero-order chi connectivity index (χ0) is 15.7. The van der Waals surface area contributed by atoms with Crippen molar-refractivity contribution in [3.63, 3.8) is 0 Å². The fourth-order valence-corrected chi connectivity index (χ4v) is 2.54. The van der Waals surface area contributed by atoms with E-state index < -0.39 is 11.2 Å². The second-order valence-corrected chi connectivity index (χ2v) is 5.48. The monoisotopic (exact) mass is 302 g/mol. The van der Waals surface area contributed by atoms with Crippen molar-refractivity contribution in [2.75, 3.05) is 38.1 Å². The summed E-state index contributed by atoms with van der Waals surface area (Å²) >= 11 is 0. The summed E-state index contributed by atoms with van der Waals surface area (Å²) in [6.07, 6.45) is 1.37. The molecule has 0 aliphatic carbocycles. The molecule has 0 aromatic carbocycles. The van der Waals surface area contributed by atoms with Crippen LogP contribution in [0.4, 0.5) is 5.69 Å². The predicted octanol–water partition coefficient (Wildman–Crippen LogP) is -0.420. The lowest BCUT2D eigenvalue weighted by atomic mass is 10.1. The van der Waals surface area contributed by atoms with Crippen molar-refractivity contribution < 1.29 is 0 Å². The van der Waals surface area contributed by atoms with Gasteiger partial charge in [-0.2, -0.15) is 5.10 Å². The zero-order valence-corrected chi connectivity index (χ0v) is 12.6. The topological polar surface area (TPSA) is 98.0 Å². The third kappa shape index (κ3) is 2.77. The minimum atomic E-state index is -0.534. The fraction of sp³-hybridized carbons (Fsp3) is 0.429. The highest BCUT2D eigenvalue weighted by Crippen LogP contribution is 2.23. The first-order chi connectivity index (χ1) is 10.5. The number of aromatic nitrogens is 4. The number of aryl methyl sites for hydroxylation is 1. The summed E-state index contributed by atoms with van der Waals surface area (Å²) in [5.41, 5.74) is 1.57. The van der Waals surface area contributed by atoms with E-state index in [-0.39, 0.29) is 0 Å². The van der Waals surface area contributed by atoms with Crippen molar-refractivity contribution in [3.8, 4) is 11.3 Å². The molecule has 8 nitrogen and oxygen atoms in total. The normalized spacial score (nSPS) is 16.0. The van der Waals surface area contributed by atoms with Gasteiger partial charge in [-0.25, -0.2) is 4.79 Å². The Bertz CT molecular complexity index is 788. The third-order valence-corrected chi connectivity index (χ3v) is 3.89. The molecular formula is C14H18N6O2. The van der Waals surface area contributed by atoms with Gasteiger partial charge in [0, 0.05) is 32.4 Å². The van der Waals surface area contributed by atoms with Crippen LogP contribution in [0.3, 0.4) is 0 Å². The van der Waals surface area contributed by atoms with Crippen LogP contribution in [0.15, 0.2) is 21.9 Å². The number of aromatic amines is 2. The van der Waals surface area contributed by atoms with Gasteiger partial charge >= 0.3 is 5.69 Å². The van der Waals surface area contributed by atoms with Gasteiger partial charge in [-0.05, 0) is 20.0 Å². The van der Waals surface area contributed by atoms with Crippen molar-refractivity contribution in [2.24, 2.45) is 0 Å². The van der Waals surface area contributed by atoms with Crippen molar-refractivity contribution >= 4 is 5.69 Å². The Morgan fingerprint density at radius 2 is 1.86 bits per heavy atom. The predicted molar refractivity (Wildman–Crippen MR) is 83.2 cm³/mol. The number of H-pyrrole nitrogens is 2. The molecule has 2 aromatic rings. The molecule has 1 aliphatic heterocycles. The standard InChI is InChI=1S/C14H18N6O2/c1-9-12(20-5-3-19(2)4-6-20)7-11(18-17-9)10-8-15-14(22)16-13(10)21/h7-8H,3-6H2,1-2H3,(H2,15,16,21,22). The van der Waals surface area contributed by atoms with E-state index in [1.54, 1.807) is 0 Å². The summed E-state index contributed by atoms with van der Waals surface area (Å²) in [6.45, 7) is 5.68. The van der Waals surface area contributed by atoms with Crippen LogP contribution in [0.2, 0.25) is 0 Å². The number of piperazine rings is 1. The maximum Gasteiger partial charge on any atom is 0.325 e. The largest absolute Gasteiger partial charge is 0.367 e. The Hall–Kier alpha value is -2.48. The molecule has 3 heterocycles. The van der Waals surface area contributed by atoms with Crippen molar-refractivity contribution in [1.29, 1.82) is 0 Å². The van der Waals surface area contributed by atoms with Gasteiger partial charge in [0.05, 0.1) is 16.9 Å². The Balaban J connectivity index is 1.99. The van der Waals surface area contributed by atoms with Crippen LogP contribution < -0.4 is 16.1 Å². The molecule has 1 aliphatic rings. The van der Waals surface area contributed by atoms with Crippen LogP contribution in [0.5, 0.6) is 0 Å². The van der Waals surface area contributed by atoms with E-state index in [1.165, 1.54) is 6.20 Å². The lowest BCUT2D eigenvalue weighted by molar-refractivity contribution is 0.312. The molecule has 0 saturated carbocycles. The Morgan fingerprint density at radius 3 is 2.55 bits per heavy atom. The minimum Gasteiger partial charge on any atom is -0.367 e. The van der Waals surface area contributed by atoms with E-state index >= 15 is 0 Å². The first-order valence-corrected chi connectivity index (χ1v) is 7.15. The van der Waals surface area contributed by atoms with Gasteiger partial charge in [0.15, 0.2) is 0 Å². The van der Waals surface area contributed by atoms with Gasteiger partial charge in [0.25, 0.3) is 5.56 Å². The van der Waals surface area contributed by atoms with Crippen LogP contribution in [0, 0.1) is 6.92 Å². The molecule has 2 aromatic heterocycles. The summed E-state index contributed by atoms with van der Waals surface area (Å²) < 4.78 is 0. The Morgan fingerprint density at radius 1 is 1.14 bits per heavy atom. The van der Waals surface area contributed by atoms with E-state index in [1.807, 2.05) is 13.0 Å². The number of nitrogens with zero attached hydrogens (tertiary/aromatic N) is 4. The summed E-state index contributed by atoms with van der Waals surface area (Å²) in [7, 11) is 2.10. The quantitative estimate of drug-likeness (QED) is 0.782. The molecule has 3 rings (SSSR count). The number of anilines is 1. The van der Waals surface area contributed by atoms with E-state index in [4.69, 9.17) is 0 Å². The maximum atomic E-state index is 11.9. The van der Waals surface area contributed by atoms with E-state index in [2.05, 4.69) is 37.0 Å².